The summed E-state index contributed by atoms with van der Waals surface area (Å²) < 4.78 is 10.8. The van der Waals surface area contributed by atoms with Crippen LogP contribution in [0.5, 0.6) is 11.5 Å². The lowest BCUT2D eigenvalue weighted by Crippen LogP contribution is -2.44. The van der Waals surface area contributed by atoms with Crippen molar-refractivity contribution in [3.8, 4) is 11.5 Å². The first-order valence-corrected chi connectivity index (χ1v) is 10.9. The van der Waals surface area contributed by atoms with Crippen molar-refractivity contribution >= 4 is 17.6 Å². The Morgan fingerprint density at radius 2 is 1.81 bits per heavy atom. The number of anilines is 1. The Bertz CT molecular complexity index is 907. The van der Waals surface area contributed by atoms with E-state index in [1.54, 1.807) is 21.3 Å². The van der Waals surface area contributed by atoms with Crippen LogP contribution in [0.25, 0.3) is 0 Å². The van der Waals surface area contributed by atoms with E-state index in [4.69, 9.17) is 14.5 Å². The van der Waals surface area contributed by atoms with Crippen LogP contribution in [-0.4, -0.2) is 58.8 Å². The molecule has 0 bridgehead atoms. The first-order chi connectivity index (χ1) is 15.6. The minimum atomic E-state index is -0.0884. The summed E-state index contributed by atoms with van der Waals surface area (Å²) in [6.07, 6.45) is 1.00. The van der Waals surface area contributed by atoms with Crippen molar-refractivity contribution in [2.24, 2.45) is 4.99 Å². The number of amides is 1. The number of nitrogens with one attached hydrogen (secondary N) is 3. The van der Waals surface area contributed by atoms with Crippen molar-refractivity contribution in [3.05, 3.63) is 53.6 Å². The van der Waals surface area contributed by atoms with E-state index in [-0.39, 0.29) is 11.9 Å². The summed E-state index contributed by atoms with van der Waals surface area (Å²) in [5.74, 6) is 2.27. The maximum Gasteiger partial charge on any atom is 0.251 e. The predicted molar refractivity (Wildman–Crippen MR) is 128 cm³/mol. The zero-order valence-electron chi connectivity index (χ0n) is 19.3. The molecule has 0 aliphatic carbocycles. The summed E-state index contributed by atoms with van der Waals surface area (Å²) >= 11 is 0. The molecule has 1 saturated heterocycles. The molecule has 1 aliphatic heterocycles. The fourth-order valence-corrected chi connectivity index (χ4v) is 3.68. The second kappa shape index (κ2) is 11.3. The van der Waals surface area contributed by atoms with Gasteiger partial charge >= 0.3 is 0 Å². The maximum absolute atomic E-state index is 11.7. The predicted octanol–water partition coefficient (Wildman–Crippen LogP) is 2.40. The van der Waals surface area contributed by atoms with E-state index in [1.165, 1.54) is 0 Å². The third-order valence-corrected chi connectivity index (χ3v) is 5.44. The lowest BCUT2D eigenvalue weighted by molar-refractivity contribution is 0.0963. The molecule has 1 fully saturated rings. The van der Waals surface area contributed by atoms with E-state index in [2.05, 4.69) is 27.8 Å². The molecule has 0 saturated carbocycles. The van der Waals surface area contributed by atoms with Gasteiger partial charge in [-0.05, 0) is 31.0 Å². The van der Waals surface area contributed by atoms with Gasteiger partial charge in [0.05, 0.1) is 20.8 Å². The van der Waals surface area contributed by atoms with Crippen molar-refractivity contribution in [1.29, 1.82) is 0 Å². The van der Waals surface area contributed by atoms with Crippen LogP contribution in [-0.2, 0) is 6.54 Å². The molecule has 2 aromatic carbocycles. The SMILES string of the molecule is CCNC(=NCc1ccc(C(=O)NC)cc1)NC1CCN(c2cc(OC)cc(OC)c2)C1. The summed E-state index contributed by atoms with van der Waals surface area (Å²) in [4.78, 5) is 18.7. The van der Waals surface area contributed by atoms with Crippen molar-refractivity contribution in [2.45, 2.75) is 25.9 Å². The first-order valence-electron chi connectivity index (χ1n) is 10.9. The number of nitrogens with zero attached hydrogens (tertiary/aromatic N) is 2. The number of hydrogen-bond acceptors (Lipinski definition) is 5. The monoisotopic (exact) mass is 439 g/mol. The lowest BCUT2D eigenvalue weighted by Gasteiger charge is -2.21. The van der Waals surface area contributed by atoms with Gasteiger partial charge in [0.1, 0.15) is 11.5 Å². The van der Waals surface area contributed by atoms with E-state index in [0.29, 0.717) is 12.1 Å². The lowest BCUT2D eigenvalue weighted by atomic mass is 10.1. The number of ether oxygens (including phenoxy) is 2. The summed E-state index contributed by atoms with van der Waals surface area (Å²) in [6, 6.07) is 13.7. The first kappa shape index (κ1) is 23.2. The van der Waals surface area contributed by atoms with Gasteiger partial charge in [-0.2, -0.15) is 0 Å². The Hall–Kier alpha value is -3.42. The second-order valence-electron chi connectivity index (χ2n) is 7.62. The smallest absolute Gasteiger partial charge is 0.251 e. The molecule has 0 spiro atoms. The van der Waals surface area contributed by atoms with E-state index < -0.39 is 0 Å². The normalized spacial score (nSPS) is 15.9. The van der Waals surface area contributed by atoms with Crippen LogP contribution in [0, 0.1) is 0 Å². The Balaban J connectivity index is 1.62. The zero-order chi connectivity index (χ0) is 22.9. The average Bonchev–Trinajstić information content (AvgIpc) is 3.30. The number of hydrogen-bond donors (Lipinski definition) is 3. The molecule has 3 N–H and O–H groups in total. The van der Waals surface area contributed by atoms with Crippen LogP contribution in [0.2, 0.25) is 0 Å². The molecule has 1 atom stereocenters. The van der Waals surface area contributed by atoms with Crippen molar-refractivity contribution < 1.29 is 14.3 Å². The summed E-state index contributed by atoms with van der Waals surface area (Å²) in [5, 5.41) is 9.51. The number of rotatable bonds is 8. The van der Waals surface area contributed by atoms with Crippen LogP contribution in [0.3, 0.4) is 0 Å². The zero-order valence-corrected chi connectivity index (χ0v) is 19.3. The number of carbonyl (C=O) groups excluding carboxylic acids is 1. The molecule has 8 nitrogen and oxygen atoms in total. The number of methoxy groups -OCH3 is 2. The van der Waals surface area contributed by atoms with Crippen LogP contribution in [0.1, 0.15) is 29.3 Å². The fraction of sp³-hybridized carbons (Fsp3) is 0.417. The van der Waals surface area contributed by atoms with Crippen molar-refractivity contribution in [2.75, 3.05) is 45.8 Å². The molecule has 0 aromatic heterocycles. The standard InChI is InChI=1S/C24H33N5O3/c1-5-26-24(27-15-17-6-8-18(9-7-17)23(30)25-2)28-19-10-11-29(16-19)20-12-21(31-3)14-22(13-20)32-4/h6-9,12-14,19H,5,10-11,15-16H2,1-4H3,(H,25,30)(H2,26,27,28). The molecule has 3 rings (SSSR count). The van der Waals surface area contributed by atoms with Crippen LogP contribution in [0.15, 0.2) is 47.5 Å². The van der Waals surface area contributed by atoms with Crippen molar-refractivity contribution in [3.63, 3.8) is 0 Å². The van der Waals surface area contributed by atoms with Crippen LogP contribution >= 0.6 is 0 Å². The Labute approximate surface area is 190 Å². The summed E-state index contributed by atoms with van der Waals surface area (Å²) in [7, 11) is 4.96. The van der Waals surface area contributed by atoms with Gasteiger partial charge in [-0.3, -0.25) is 4.79 Å². The van der Waals surface area contributed by atoms with Gasteiger partial charge in [0, 0.05) is 62.2 Å². The van der Waals surface area contributed by atoms with Gasteiger partial charge in [0.2, 0.25) is 0 Å². The van der Waals surface area contributed by atoms with E-state index in [9.17, 15) is 4.79 Å². The van der Waals surface area contributed by atoms with E-state index in [1.807, 2.05) is 42.5 Å². The third kappa shape index (κ3) is 6.06. The summed E-state index contributed by atoms with van der Waals surface area (Å²) in [5.41, 5.74) is 2.78. The van der Waals surface area contributed by atoms with Gasteiger partial charge in [0.25, 0.3) is 5.91 Å². The van der Waals surface area contributed by atoms with Gasteiger partial charge in [-0.1, -0.05) is 12.1 Å². The van der Waals surface area contributed by atoms with Gasteiger partial charge in [0.15, 0.2) is 5.96 Å². The van der Waals surface area contributed by atoms with Crippen molar-refractivity contribution in [1.82, 2.24) is 16.0 Å². The molecule has 1 aliphatic rings. The number of carbonyl (C=O) groups is 1. The Morgan fingerprint density at radius 1 is 1.12 bits per heavy atom. The van der Waals surface area contributed by atoms with E-state index in [0.717, 1.165) is 54.8 Å². The van der Waals surface area contributed by atoms with Crippen LogP contribution in [0.4, 0.5) is 5.69 Å². The molecule has 1 heterocycles. The largest absolute Gasteiger partial charge is 0.497 e. The molecule has 1 unspecified atom stereocenters. The molecule has 2 aromatic rings. The molecule has 172 valence electrons. The number of guanidine groups is 1. The van der Waals surface area contributed by atoms with Gasteiger partial charge < -0.3 is 30.3 Å². The topological polar surface area (TPSA) is 87.2 Å². The third-order valence-electron chi connectivity index (χ3n) is 5.44. The quantitative estimate of drug-likeness (QED) is 0.433. The minimum Gasteiger partial charge on any atom is -0.497 e. The molecule has 0 radical (unpaired) electrons. The maximum atomic E-state index is 11.7. The van der Waals surface area contributed by atoms with Crippen LogP contribution < -0.4 is 30.3 Å². The summed E-state index contributed by atoms with van der Waals surface area (Å²) in [6.45, 7) is 5.17. The molecular formula is C24H33N5O3. The molecule has 1 amide bonds. The molecular weight excluding hydrogens is 406 g/mol. The average molecular weight is 440 g/mol. The fourth-order valence-electron chi connectivity index (χ4n) is 3.68. The van der Waals surface area contributed by atoms with E-state index >= 15 is 0 Å². The highest BCUT2D eigenvalue weighted by Gasteiger charge is 2.24. The molecule has 32 heavy (non-hydrogen) atoms. The number of aliphatic imine (C=N–C) groups is 1. The highest BCUT2D eigenvalue weighted by Crippen LogP contribution is 2.30. The van der Waals surface area contributed by atoms with Gasteiger partial charge in [-0.25, -0.2) is 4.99 Å². The minimum absolute atomic E-state index is 0.0884. The highest BCUT2D eigenvalue weighted by molar-refractivity contribution is 5.93. The Kier molecular flexibility index (Phi) is 8.19. The van der Waals surface area contributed by atoms with Gasteiger partial charge in [-0.15, -0.1) is 0 Å². The second-order valence-corrected chi connectivity index (χ2v) is 7.62. The number of benzene rings is 2. The molecule has 8 heteroatoms. The highest BCUT2D eigenvalue weighted by atomic mass is 16.5. The Morgan fingerprint density at radius 3 is 2.41 bits per heavy atom.